The van der Waals surface area contributed by atoms with Crippen molar-refractivity contribution in [2.24, 2.45) is 0 Å². The van der Waals surface area contributed by atoms with Crippen LogP contribution >= 0.6 is 22.9 Å². The van der Waals surface area contributed by atoms with Gasteiger partial charge in [0.25, 0.3) is 11.4 Å². The van der Waals surface area contributed by atoms with Crippen molar-refractivity contribution >= 4 is 44.7 Å². The summed E-state index contributed by atoms with van der Waals surface area (Å²) in [4.78, 5) is 35.7. The van der Waals surface area contributed by atoms with Crippen LogP contribution in [0, 0.1) is 13.8 Å². The number of hydrogen-bond acceptors (Lipinski definition) is 7. The quantitative estimate of drug-likeness (QED) is 0.367. The topological polar surface area (TPSA) is 103 Å². The van der Waals surface area contributed by atoms with Crippen LogP contribution in [0.2, 0.25) is 5.02 Å². The molecule has 10 heteroatoms. The van der Waals surface area contributed by atoms with E-state index in [4.69, 9.17) is 16.1 Å². The Morgan fingerprint density at radius 2 is 1.85 bits per heavy atom. The Hall–Kier alpha value is -3.82. The lowest BCUT2D eigenvalue weighted by Gasteiger charge is -2.07. The van der Waals surface area contributed by atoms with Crippen molar-refractivity contribution in [3.63, 3.8) is 0 Å². The molecule has 3 heterocycles. The maximum atomic E-state index is 13.2. The third-order valence-electron chi connectivity index (χ3n) is 5.29. The van der Waals surface area contributed by atoms with Gasteiger partial charge < -0.3 is 9.84 Å². The molecule has 170 valence electrons. The highest BCUT2D eigenvalue weighted by molar-refractivity contribution is 7.22. The van der Waals surface area contributed by atoms with Crippen LogP contribution in [0.4, 0.5) is 5.69 Å². The van der Waals surface area contributed by atoms with E-state index in [2.05, 4.69) is 20.4 Å². The average Bonchev–Trinajstić information content (AvgIpc) is 3.43. The van der Waals surface area contributed by atoms with E-state index in [-0.39, 0.29) is 18.0 Å². The van der Waals surface area contributed by atoms with Gasteiger partial charge in [-0.1, -0.05) is 46.6 Å². The van der Waals surface area contributed by atoms with Gasteiger partial charge in [-0.25, -0.2) is 4.98 Å². The van der Waals surface area contributed by atoms with E-state index in [1.807, 2.05) is 38.1 Å². The number of amides is 1. The summed E-state index contributed by atoms with van der Waals surface area (Å²) < 4.78 is 6.77. The van der Waals surface area contributed by atoms with Crippen LogP contribution in [-0.4, -0.2) is 25.6 Å². The van der Waals surface area contributed by atoms with Crippen molar-refractivity contribution in [3.8, 4) is 22.2 Å². The largest absolute Gasteiger partial charge is 0.333 e. The van der Waals surface area contributed by atoms with E-state index < -0.39 is 0 Å². The normalized spacial score (nSPS) is 11.1. The van der Waals surface area contributed by atoms with Crippen molar-refractivity contribution in [1.29, 1.82) is 0 Å². The molecule has 0 bridgehead atoms. The van der Waals surface area contributed by atoms with Crippen LogP contribution in [0.15, 0.2) is 64.2 Å². The number of aromatic nitrogens is 4. The summed E-state index contributed by atoms with van der Waals surface area (Å²) >= 11 is 7.17. The average molecular weight is 492 g/mol. The van der Waals surface area contributed by atoms with Crippen molar-refractivity contribution in [1.82, 2.24) is 19.7 Å². The minimum absolute atomic E-state index is 0.173. The number of carbonyl (C=O) groups is 1. The van der Waals surface area contributed by atoms with Gasteiger partial charge in [0.1, 0.15) is 11.4 Å². The minimum Gasteiger partial charge on any atom is -0.333 e. The summed E-state index contributed by atoms with van der Waals surface area (Å²) in [6.07, 6.45) is 1.37. The summed E-state index contributed by atoms with van der Waals surface area (Å²) in [6, 6.07) is 14.5. The van der Waals surface area contributed by atoms with E-state index in [1.54, 1.807) is 24.3 Å². The van der Waals surface area contributed by atoms with E-state index >= 15 is 0 Å². The molecule has 0 saturated heterocycles. The number of halogens is 1. The van der Waals surface area contributed by atoms with Crippen LogP contribution in [0.1, 0.15) is 11.1 Å². The highest BCUT2D eigenvalue weighted by Gasteiger charge is 2.21. The highest BCUT2D eigenvalue weighted by Crippen LogP contribution is 2.35. The summed E-state index contributed by atoms with van der Waals surface area (Å²) in [6.45, 7) is 3.64. The molecule has 2 aromatic carbocycles. The Morgan fingerprint density at radius 1 is 1.12 bits per heavy atom. The first-order valence-electron chi connectivity index (χ1n) is 10.3. The fourth-order valence-electron chi connectivity index (χ4n) is 3.50. The molecule has 8 nitrogen and oxygen atoms in total. The number of fused-ring (bicyclic) bond motifs is 1. The summed E-state index contributed by atoms with van der Waals surface area (Å²) in [5.41, 5.74) is 2.94. The van der Waals surface area contributed by atoms with E-state index in [0.717, 1.165) is 11.1 Å². The molecule has 5 rings (SSSR count). The van der Waals surface area contributed by atoms with Gasteiger partial charge in [0.15, 0.2) is 0 Å². The van der Waals surface area contributed by atoms with Gasteiger partial charge in [0.05, 0.1) is 16.6 Å². The second kappa shape index (κ2) is 8.85. The molecule has 0 unspecified atom stereocenters. The number of rotatable bonds is 5. The van der Waals surface area contributed by atoms with Gasteiger partial charge in [0, 0.05) is 16.3 Å². The first kappa shape index (κ1) is 22.0. The van der Waals surface area contributed by atoms with E-state index in [9.17, 15) is 9.59 Å². The molecule has 3 aromatic heterocycles. The van der Waals surface area contributed by atoms with Crippen LogP contribution < -0.4 is 10.9 Å². The molecule has 0 fully saturated rings. The third-order valence-corrected chi connectivity index (χ3v) is 6.73. The number of thiophene rings is 1. The maximum absolute atomic E-state index is 13.2. The molecule has 34 heavy (non-hydrogen) atoms. The molecule has 1 amide bonds. The molecule has 5 aromatic rings. The molecule has 0 spiro atoms. The molecular formula is C24H18ClN5O3S. The molecule has 0 aliphatic carbocycles. The number of nitrogens with zero attached hydrogens (tertiary/aromatic N) is 4. The van der Waals surface area contributed by atoms with Crippen LogP contribution in [0.5, 0.6) is 0 Å². The number of nitrogens with one attached hydrogen (secondary N) is 1. The Balaban J connectivity index is 1.43. The van der Waals surface area contributed by atoms with Crippen molar-refractivity contribution in [2.75, 3.05) is 5.32 Å². The minimum atomic E-state index is -0.349. The zero-order chi connectivity index (χ0) is 23.8. The van der Waals surface area contributed by atoms with Gasteiger partial charge in [0.2, 0.25) is 11.7 Å². The van der Waals surface area contributed by atoms with Gasteiger partial charge in [-0.15, -0.1) is 11.3 Å². The Kier molecular flexibility index (Phi) is 5.72. The highest BCUT2D eigenvalue weighted by atomic mass is 35.5. The monoisotopic (exact) mass is 491 g/mol. The van der Waals surface area contributed by atoms with Crippen LogP contribution in [-0.2, 0) is 11.3 Å². The first-order valence-corrected chi connectivity index (χ1v) is 11.5. The van der Waals surface area contributed by atoms with Crippen molar-refractivity contribution in [2.45, 2.75) is 20.4 Å². The van der Waals surface area contributed by atoms with E-state index in [0.29, 0.717) is 43.1 Å². The molecule has 0 radical (unpaired) electrons. The zero-order valence-electron chi connectivity index (χ0n) is 18.2. The number of aryl methyl sites for hydroxylation is 2. The summed E-state index contributed by atoms with van der Waals surface area (Å²) in [7, 11) is 0. The zero-order valence-corrected chi connectivity index (χ0v) is 19.8. The van der Waals surface area contributed by atoms with Crippen molar-refractivity contribution < 1.29 is 9.32 Å². The Labute approximate surface area is 202 Å². The second-order valence-corrected chi connectivity index (χ2v) is 9.19. The number of anilines is 1. The fourth-order valence-corrected chi connectivity index (χ4v) is 4.69. The fraction of sp³-hybridized carbons (Fsp3) is 0.125. The van der Waals surface area contributed by atoms with Crippen LogP contribution in [0.3, 0.4) is 0 Å². The molecular weight excluding hydrogens is 474 g/mol. The smallest absolute Gasteiger partial charge is 0.268 e. The molecule has 0 saturated carbocycles. The van der Waals surface area contributed by atoms with Crippen LogP contribution in [0.25, 0.3) is 32.4 Å². The standard InChI is InChI=1S/C24H18ClN5O3S/c1-13-3-5-15(6-4-13)21-28-22(33-29-21)20-14(2)19-23(34-20)26-12-30(24(19)32)11-18(31)27-17-9-7-16(25)8-10-17/h3-10,12H,11H2,1-2H3,(H,27,31). The third kappa shape index (κ3) is 4.23. The predicted octanol–water partition coefficient (Wildman–Crippen LogP) is 5.08. The molecule has 0 aliphatic rings. The molecule has 0 atom stereocenters. The number of benzene rings is 2. The Bertz CT molecular complexity index is 1570. The number of hydrogen-bond donors (Lipinski definition) is 1. The molecule has 0 aliphatic heterocycles. The number of carbonyl (C=O) groups excluding carboxylic acids is 1. The van der Waals surface area contributed by atoms with Gasteiger partial charge in [-0.3, -0.25) is 14.2 Å². The Morgan fingerprint density at radius 3 is 2.59 bits per heavy atom. The maximum Gasteiger partial charge on any atom is 0.268 e. The lowest BCUT2D eigenvalue weighted by atomic mass is 10.1. The van der Waals surface area contributed by atoms with E-state index in [1.165, 1.54) is 22.2 Å². The van der Waals surface area contributed by atoms with Gasteiger partial charge >= 0.3 is 0 Å². The summed E-state index contributed by atoms with van der Waals surface area (Å²) in [5.74, 6) is 0.442. The lowest BCUT2D eigenvalue weighted by molar-refractivity contribution is -0.116. The van der Waals surface area contributed by atoms with Crippen molar-refractivity contribution in [3.05, 3.63) is 81.4 Å². The molecule has 1 N–H and O–H groups in total. The predicted molar refractivity (Wildman–Crippen MR) is 132 cm³/mol. The lowest BCUT2D eigenvalue weighted by Crippen LogP contribution is -2.27. The second-order valence-electron chi connectivity index (χ2n) is 7.76. The first-order chi connectivity index (χ1) is 16.4. The SMILES string of the molecule is Cc1ccc(-c2noc(-c3sc4ncn(CC(=O)Nc5ccc(Cl)cc5)c(=O)c4c3C)n2)cc1. The van der Waals surface area contributed by atoms with Gasteiger partial charge in [-0.05, 0) is 43.7 Å². The van der Waals surface area contributed by atoms with Gasteiger partial charge in [-0.2, -0.15) is 4.98 Å². The summed E-state index contributed by atoms with van der Waals surface area (Å²) in [5, 5.41) is 7.83.